The molecule has 3 rings (SSSR count). The van der Waals surface area contributed by atoms with Gasteiger partial charge in [0.25, 0.3) is 5.78 Å². The standard InChI is InChI=1S/C18H16N4O3/c1-11(23)13-4-2-12(3-5-13)8-14-6-7-15(21-14)9-16(24)17(25)18-19-10-20-22-18/h2-7,10,21H,8-9H2,1H3,(H,19,20,22). The molecule has 0 radical (unpaired) electrons. The van der Waals surface area contributed by atoms with Crippen molar-refractivity contribution in [2.45, 2.75) is 19.8 Å². The van der Waals surface area contributed by atoms with Crippen molar-refractivity contribution >= 4 is 17.3 Å². The average molecular weight is 336 g/mol. The smallest absolute Gasteiger partial charge is 0.265 e. The summed E-state index contributed by atoms with van der Waals surface area (Å²) < 4.78 is 0. The monoisotopic (exact) mass is 336 g/mol. The molecule has 0 unspecified atom stereocenters. The van der Waals surface area contributed by atoms with E-state index in [9.17, 15) is 14.4 Å². The molecule has 0 spiro atoms. The minimum atomic E-state index is -0.687. The first kappa shape index (κ1) is 16.5. The summed E-state index contributed by atoms with van der Waals surface area (Å²) in [5, 5.41) is 5.95. The van der Waals surface area contributed by atoms with Crippen molar-refractivity contribution in [2.24, 2.45) is 0 Å². The number of nitrogens with one attached hydrogen (secondary N) is 2. The lowest BCUT2D eigenvalue weighted by Gasteiger charge is -2.01. The maximum atomic E-state index is 12.0. The van der Waals surface area contributed by atoms with Gasteiger partial charge in [0.05, 0.1) is 6.42 Å². The van der Waals surface area contributed by atoms with Gasteiger partial charge >= 0.3 is 0 Å². The number of hydrogen-bond donors (Lipinski definition) is 2. The summed E-state index contributed by atoms with van der Waals surface area (Å²) in [6.07, 6.45) is 1.80. The van der Waals surface area contributed by atoms with Gasteiger partial charge in [-0.25, -0.2) is 4.98 Å². The van der Waals surface area contributed by atoms with Crippen LogP contribution in [0.5, 0.6) is 0 Å². The number of rotatable bonds is 7. The molecule has 3 aromatic rings. The van der Waals surface area contributed by atoms with Crippen LogP contribution in [0.25, 0.3) is 0 Å². The Bertz CT molecular complexity index is 908. The number of ketones is 3. The number of aromatic amines is 2. The molecule has 7 nitrogen and oxygen atoms in total. The molecule has 0 atom stereocenters. The maximum Gasteiger partial charge on any atom is 0.265 e. The van der Waals surface area contributed by atoms with Crippen molar-refractivity contribution in [1.82, 2.24) is 20.2 Å². The summed E-state index contributed by atoms with van der Waals surface area (Å²) in [6, 6.07) is 11.0. The van der Waals surface area contributed by atoms with Gasteiger partial charge in [0.1, 0.15) is 6.33 Å². The first-order chi connectivity index (χ1) is 12.0. The van der Waals surface area contributed by atoms with E-state index in [1.165, 1.54) is 13.3 Å². The Hall–Kier alpha value is -3.35. The maximum absolute atomic E-state index is 12.0. The molecule has 7 heteroatoms. The first-order valence-electron chi connectivity index (χ1n) is 7.72. The predicted octanol–water partition coefficient (Wildman–Crippen LogP) is 1.92. The van der Waals surface area contributed by atoms with Gasteiger partial charge in [-0.2, -0.15) is 5.10 Å². The molecule has 126 valence electrons. The molecule has 2 aromatic heterocycles. The van der Waals surface area contributed by atoms with Gasteiger partial charge in [0.15, 0.2) is 11.6 Å². The average Bonchev–Trinajstić information content (AvgIpc) is 3.27. The molecular weight excluding hydrogens is 320 g/mol. The van der Waals surface area contributed by atoms with Crippen LogP contribution in [0.1, 0.15) is 44.9 Å². The zero-order valence-electron chi connectivity index (χ0n) is 13.6. The Balaban J connectivity index is 1.63. The molecular formula is C18H16N4O3. The number of carbonyl (C=O) groups is 3. The summed E-state index contributed by atoms with van der Waals surface area (Å²) >= 11 is 0. The predicted molar refractivity (Wildman–Crippen MR) is 89.5 cm³/mol. The highest BCUT2D eigenvalue weighted by molar-refractivity contribution is 6.43. The second-order valence-electron chi connectivity index (χ2n) is 5.70. The summed E-state index contributed by atoms with van der Waals surface area (Å²) in [5.41, 5.74) is 3.30. The third kappa shape index (κ3) is 3.95. The largest absolute Gasteiger partial charge is 0.362 e. The number of carbonyl (C=O) groups excluding carboxylic acids is 3. The highest BCUT2D eigenvalue weighted by atomic mass is 16.2. The third-order valence-corrected chi connectivity index (χ3v) is 3.80. The Labute approximate surface area is 143 Å². The van der Waals surface area contributed by atoms with Crippen LogP contribution in [-0.2, 0) is 17.6 Å². The van der Waals surface area contributed by atoms with Crippen molar-refractivity contribution in [2.75, 3.05) is 0 Å². The molecule has 2 heterocycles. The van der Waals surface area contributed by atoms with E-state index in [0.717, 1.165) is 11.3 Å². The molecule has 0 fully saturated rings. The number of nitrogens with zero attached hydrogens (tertiary/aromatic N) is 2. The highest BCUT2D eigenvalue weighted by Crippen LogP contribution is 2.12. The molecule has 2 N–H and O–H groups in total. The van der Waals surface area contributed by atoms with Crippen molar-refractivity contribution in [3.05, 3.63) is 71.1 Å². The van der Waals surface area contributed by atoms with E-state index in [-0.39, 0.29) is 18.0 Å². The molecule has 0 bridgehead atoms. The van der Waals surface area contributed by atoms with E-state index in [1.54, 1.807) is 18.2 Å². The third-order valence-electron chi connectivity index (χ3n) is 3.80. The van der Waals surface area contributed by atoms with E-state index in [4.69, 9.17) is 0 Å². The van der Waals surface area contributed by atoms with E-state index in [0.29, 0.717) is 17.7 Å². The van der Waals surface area contributed by atoms with Crippen LogP contribution in [0.15, 0.2) is 42.7 Å². The number of hydrogen-bond acceptors (Lipinski definition) is 5. The number of H-pyrrole nitrogens is 2. The summed E-state index contributed by atoms with van der Waals surface area (Å²) in [5.74, 6) is -1.27. The fraction of sp³-hybridized carbons (Fsp3) is 0.167. The van der Waals surface area contributed by atoms with Gasteiger partial charge in [-0.15, -0.1) is 0 Å². The molecule has 0 aliphatic carbocycles. The Morgan fingerprint density at radius 1 is 1.00 bits per heavy atom. The van der Waals surface area contributed by atoms with Crippen LogP contribution in [0.4, 0.5) is 0 Å². The molecule has 0 saturated heterocycles. The Morgan fingerprint density at radius 2 is 1.72 bits per heavy atom. The molecule has 0 saturated carbocycles. The van der Waals surface area contributed by atoms with Crippen LogP contribution in [-0.4, -0.2) is 37.5 Å². The second-order valence-corrected chi connectivity index (χ2v) is 5.70. The first-order valence-corrected chi connectivity index (χ1v) is 7.72. The van der Waals surface area contributed by atoms with Gasteiger partial charge < -0.3 is 4.98 Å². The Morgan fingerprint density at radius 3 is 2.36 bits per heavy atom. The lowest BCUT2D eigenvalue weighted by Crippen LogP contribution is -2.18. The molecule has 1 aromatic carbocycles. The van der Waals surface area contributed by atoms with Crippen molar-refractivity contribution in [1.29, 1.82) is 0 Å². The second kappa shape index (κ2) is 7.04. The molecule has 25 heavy (non-hydrogen) atoms. The highest BCUT2D eigenvalue weighted by Gasteiger charge is 2.19. The fourth-order valence-electron chi connectivity index (χ4n) is 2.47. The van der Waals surface area contributed by atoms with Crippen molar-refractivity contribution < 1.29 is 14.4 Å². The zero-order chi connectivity index (χ0) is 17.8. The zero-order valence-corrected chi connectivity index (χ0v) is 13.6. The minimum Gasteiger partial charge on any atom is -0.362 e. The van der Waals surface area contributed by atoms with Crippen molar-refractivity contribution in [3.63, 3.8) is 0 Å². The van der Waals surface area contributed by atoms with E-state index < -0.39 is 11.6 Å². The van der Waals surface area contributed by atoms with Crippen LogP contribution in [0, 0.1) is 0 Å². The summed E-state index contributed by atoms with van der Waals surface area (Å²) in [7, 11) is 0. The van der Waals surface area contributed by atoms with Gasteiger partial charge in [-0.05, 0) is 24.6 Å². The quantitative estimate of drug-likeness (QED) is 0.506. The number of Topliss-reactive ketones (excluding diaryl/α,β-unsaturated/α-hetero) is 3. The van der Waals surface area contributed by atoms with E-state index in [2.05, 4.69) is 20.2 Å². The summed E-state index contributed by atoms with van der Waals surface area (Å²) in [6.45, 7) is 1.53. The van der Waals surface area contributed by atoms with Gasteiger partial charge in [-0.3, -0.25) is 19.5 Å². The van der Waals surface area contributed by atoms with E-state index >= 15 is 0 Å². The number of aromatic nitrogens is 4. The van der Waals surface area contributed by atoms with Crippen LogP contribution >= 0.6 is 0 Å². The van der Waals surface area contributed by atoms with E-state index in [1.807, 2.05) is 18.2 Å². The minimum absolute atomic E-state index is 0.0250. The van der Waals surface area contributed by atoms with Gasteiger partial charge in [0, 0.05) is 23.4 Å². The van der Waals surface area contributed by atoms with Crippen LogP contribution in [0.3, 0.4) is 0 Å². The van der Waals surface area contributed by atoms with Gasteiger partial charge in [0.2, 0.25) is 5.78 Å². The number of benzene rings is 1. The molecule has 0 aliphatic heterocycles. The van der Waals surface area contributed by atoms with Crippen LogP contribution < -0.4 is 0 Å². The molecule has 0 amide bonds. The normalized spacial score (nSPS) is 10.6. The topological polar surface area (TPSA) is 109 Å². The Kier molecular flexibility index (Phi) is 4.65. The summed E-state index contributed by atoms with van der Waals surface area (Å²) in [4.78, 5) is 42.0. The van der Waals surface area contributed by atoms with Gasteiger partial charge in [-0.1, -0.05) is 24.3 Å². The lowest BCUT2D eigenvalue weighted by molar-refractivity contribution is -0.114. The van der Waals surface area contributed by atoms with Crippen LogP contribution in [0.2, 0.25) is 0 Å². The van der Waals surface area contributed by atoms with Crippen molar-refractivity contribution in [3.8, 4) is 0 Å². The SMILES string of the molecule is CC(=O)c1ccc(Cc2ccc(CC(=O)C(=O)c3ncn[nH]3)[nH]2)cc1. The fourth-order valence-corrected chi connectivity index (χ4v) is 2.47. The molecule has 0 aliphatic rings. The lowest BCUT2D eigenvalue weighted by atomic mass is 10.1.